The van der Waals surface area contributed by atoms with E-state index in [1.54, 1.807) is 0 Å². The molecule has 2 atom stereocenters. The van der Waals surface area contributed by atoms with Crippen LogP contribution in [0.25, 0.3) is 0 Å². The number of rotatable bonds is 15. The van der Waals surface area contributed by atoms with E-state index in [9.17, 15) is 10.2 Å². The minimum atomic E-state index is -0.151. The predicted molar refractivity (Wildman–Crippen MR) is 87.9 cm³/mol. The lowest BCUT2D eigenvalue weighted by Gasteiger charge is -2.12. The zero-order chi connectivity index (χ0) is 15.1. The van der Waals surface area contributed by atoms with Crippen LogP contribution in [-0.2, 0) is 0 Å². The van der Waals surface area contributed by atoms with Gasteiger partial charge < -0.3 is 10.2 Å². The van der Waals surface area contributed by atoms with Crippen LogP contribution in [0, 0.1) is 0 Å². The van der Waals surface area contributed by atoms with Crippen molar-refractivity contribution in [2.24, 2.45) is 0 Å². The maximum atomic E-state index is 9.84. The molecule has 0 aliphatic carbocycles. The Balaban J connectivity index is 3.30. The van der Waals surface area contributed by atoms with Gasteiger partial charge in [-0.25, -0.2) is 0 Å². The van der Waals surface area contributed by atoms with Crippen LogP contribution < -0.4 is 0 Å². The smallest absolute Gasteiger partial charge is 0.0540 e. The standard InChI is InChI=1S/C18H36O2/c1-3-5-7-9-13-17(19)15-11-12-16-18(20)14-10-8-6-4-2/h3,17-20H,1,4-16H2,2H3. The number of aliphatic hydroxyl groups is 2. The summed E-state index contributed by atoms with van der Waals surface area (Å²) in [4.78, 5) is 0. The molecule has 0 aromatic heterocycles. The number of hydrogen-bond acceptors (Lipinski definition) is 2. The van der Waals surface area contributed by atoms with E-state index in [0.29, 0.717) is 0 Å². The molecule has 0 aliphatic heterocycles. The van der Waals surface area contributed by atoms with Gasteiger partial charge in [-0.15, -0.1) is 6.58 Å². The van der Waals surface area contributed by atoms with E-state index in [1.807, 2.05) is 6.08 Å². The highest BCUT2D eigenvalue weighted by Gasteiger charge is 2.06. The first kappa shape index (κ1) is 19.7. The summed E-state index contributed by atoms with van der Waals surface area (Å²) in [5.74, 6) is 0. The summed E-state index contributed by atoms with van der Waals surface area (Å²) in [6, 6.07) is 0. The van der Waals surface area contributed by atoms with E-state index >= 15 is 0 Å². The Morgan fingerprint density at radius 2 is 1.20 bits per heavy atom. The van der Waals surface area contributed by atoms with E-state index in [2.05, 4.69) is 13.5 Å². The molecule has 2 unspecified atom stereocenters. The SMILES string of the molecule is C=CCCCCC(O)CCCCC(O)CCCCCC. The van der Waals surface area contributed by atoms with Gasteiger partial charge in [0.05, 0.1) is 12.2 Å². The molecule has 2 heteroatoms. The van der Waals surface area contributed by atoms with E-state index in [-0.39, 0.29) is 12.2 Å². The zero-order valence-electron chi connectivity index (χ0n) is 13.5. The third-order valence-electron chi connectivity index (χ3n) is 3.91. The Morgan fingerprint density at radius 3 is 1.65 bits per heavy atom. The Morgan fingerprint density at radius 1 is 0.750 bits per heavy atom. The minimum absolute atomic E-state index is 0.128. The van der Waals surface area contributed by atoms with Crippen LogP contribution in [0.4, 0.5) is 0 Å². The largest absolute Gasteiger partial charge is 0.393 e. The monoisotopic (exact) mass is 284 g/mol. The lowest BCUT2D eigenvalue weighted by Crippen LogP contribution is -2.09. The average molecular weight is 284 g/mol. The van der Waals surface area contributed by atoms with Gasteiger partial charge in [-0.2, -0.15) is 0 Å². The molecule has 0 aromatic carbocycles. The molecule has 0 aliphatic rings. The van der Waals surface area contributed by atoms with Gasteiger partial charge in [0.25, 0.3) is 0 Å². The summed E-state index contributed by atoms with van der Waals surface area (Å²) in [6.45, 7) is 5.91. The summed E-state index contributed by atoms with van der Waals surface area (Å²) in [6.07, 6.45) is 15.6. The van der Waals surface area contributed by atoms with Crippen molar-refractivity contribution >= 4 is 0 Å². The second kappa shape index (κ2) is 15.1. The van der Waals surface area contributed by atoms with Gasteiger partial charge in [-0.3, -0.25) is 0 Å². The number of allylic oxidation sites excluding steroid dienone is 1. The average Bonchev–Trinajstić information content (AvgIpc) is 2.44. The molecule has 0 fully saturated rings. The van der Waals surface area contributed by atoms with Crippen molar-refractivity contribution in [2.45, 2.75) is 103 Å². The van der Waals surface area contributed by atoms with E-state index in [4.69, 9.17) is 0 Å². The van der Waals surface area contributed by atoms with E-state index in [0.717, 1.165) is 64.2 Å². The van der Waals surface area contributed by atoms with Crippen LogP contribution in [0.15, 0.2) is 12.7 Å². The predicted octanol–water partition coefficient (Wildman–Crippen LogP) is 4.99. The zero-order valence-corrected chi connectivity index (χ0v) is 13.5. The molecule has 0 amide bonds. The minimum Gasteiger partial charge on any atom is -0.393 e. The fourth-order valence-corrected chi connectivity index (χ4v) is 2.52. The second-order valence-corrected chi connectivity index (χ2v) is 6.01. The highest BCUT2D eigenvalue weighted by Crippen LogP contribution is 2.14. The fraction of sp³-hybridized carbons (Fsp3) is 0.889. The highest BCUT2D eigenvalue weighted by atomic mass is 16.3. The molecule has 0 heterocycles. The van der Waals surface area contributed by atoms with Gasteiger partial charge in [-0.05, 0) is 38.5 Å². The van der Waals surface area contributed by atoms with Gasteiger partial charge in [0.15, 0.2) is 0 Å². The molecule has 0 aromatic rings. The molecule has 0 rings (SSSR count). The maximum Gasteiger partial charge on any atom is 0.0540 e. The van der Waals surface area contributed by atoms with Crippen molar-refractivity contribution in [2.75, 3.05) is 0 Å². The molecule has 0 radical (unpaired) electrons. The van der Waals surface area contributed by atoms with Crippen molar-refractivity contribution in [1.29, 1.82) is 0 Å². The lowest BCUT2D eigenvalue weighted by atomic mass is 10.0. The highest BCUT2D eigenvalue weighted by molar-refractivity contribution is 4.66. The second-order valence-electron chi connectivity index (χ2n) is 6.01. The third-order valence-corrected chi connectivity index (χ3v) is 3.91. The van der Waals surface area contributed by atoms with Crippen LogP contribution in [0.3, 0.4) is 0 Å². The third kappa shape index (κ3) is 14.1. The normalized spacial score (nSPS) is 14.2. The molecule has 2 nitrogen and oxygen atoms in total. The number of unbranched alkanes of at least 4 members (excludes halogenated alkanes) is 6. The van der Waals surface area contributed by atoms with Gasteiger partial charge >= 0.3 is 0 Å². The summed E-state index contributed by atoms with van der Waals surface area (Å²) in [5.41, 5.74) is 0. The quantitative estimate of drug-likeness (QED) is 0.329. The first-order chi connectivity index (χ1) is 9.70. The van der Waals surface area contributed by atoms with Crippen molar-refractivity contribution in [3.8, 4) is 0 Å². The van der Waals surface area contributed by atoms with Crippen molar-refractivity contribution in [3.63, 3.8) is 0 Å². The van der Waals surface area contributed by atoms with Crippen LogP contribution in [0.5, 0.6) is 0 Å². The van der Waals surface area contributed by atoms with Crippen LogP contribution >= 0.6 is 0 Å². The first-order valence-electron chi connectivity index (χ1n) is 8.67. The molecule has 120 valence electrons. The molecular weight excluding hydrogens is 248 g/mol. The topological polar surface area (TPSA) is 40.5 Å². The van der Waals surface area contributed by atoms with Gasteiger partial charge in [0.2, 0.25) is 0 Å². The molecule has 0 saturated heterocycles. The van der Waals surface area contributed by atoms with Crippen molar-refractivity contribution in [1.82, 2.24) is 0 Å². The summed E-state index contributed by atoms with van der Waals surface area (Å²) < 4.78 is 0. The fourth-order valence-electron chi connectivity index (χ4n) is 2.52. The Bertz CT molecular complexity index is 204. The molecule has 0 bridgehead atoms. The Kier molecular flexibility index (Phi) is 14.8. The summed E-state index contributed by atoms with van der Waals surface area (Å²) in [7, 11) is 0. The lowest BCUT2D eigenvalue weighted by molar-refractivity contribution is 0.132. The van der Waals surface area contributed by atoms with Gasteiger partial charge in [0.1, 0.15) is 0 Å². The molecule has 2 N–H and O–H groups in total. The molecular formula is C18H36O2. The maximum absolute atomic E-state index is 9.84. The molecule has 20 heavy (non-hydrogen) atoms. The Labute approximate surface area is 126 Å². The number of hydrogen-bond donors (Lipinski definition) is 2. The summed E-state index contributed by atoms with van der Waals surface area (Å²) in [5, 5.41) is 19.7. The van der Waals surface area contributed by atoms with Crippen LogP contribution in [0.1, 0.15) is 90.4 Å². The molecule has 0 saturated carbocycles. The van der Waals surface area contributed by atoms with Crippen LogP contribution in [-0.4, -0.2) is 22.4 Å². The number of aliphatic hydroxyl groups excluding tert-OH is 2. The van der Waals surface area contributed by atoms with E-state index in [1.165, 1.54) is 19.3 Å². The van der Waals surface area contributed by atoms with Crippen molar-refractivity contribution in [3.05, 3.63) is 12.7 Å². The molecule has 0 spiro atoms. The van der Waals surface area contributed by atoms with Gasteiger partial charge in [0, 0.05) is 0 Å². The Hall–Kier alpha value is -0.340. The van der Waals surface area contributed by atoms with Crippen molar-refractivity contribution < 1.29 is 10.2 Å². The first-order valence-corrected chi connectivity index (χ1v) is 8.67. The van der Waals surface area contributed by atoms with Crippen LogP contribution in [0.2, 0.25) is 0 Å². The van der Waals surface area contributed by atoms with E-state index < -0.39 is 0 Å². The van der Waals surface area contributed by atoms with Gasteiger partial charge in [-0.1, -0.05) is 57.9 Å². The summed E-state index contributed by atoms with van der Waals surface area (Å²) >= 11 is 0.